The Kier molecular flexibility index (Phi) is 18.2. The van der Waals surface area contributed by atoms with E-state index >= 15 is 0 Å². The number of amides is 1. The molecule has 10 heteroatoms. The number of carbonyl (C=O) groups is 1. The zero-order valence-electron chi connectivity index (χ0n) is 24.4. The molecule has 4 N–H and O–H groups in total. The molecule has 1 amide bonds. The highest BCUT2D eigenvalue weighted by Crippen LogP contribution is 2.24. The zero-order valence-corrected chi connectivity index (χ0v) is 24.4. The van der Waals surface area contributed by atoms with E-state index in [9.17, 15) is 4.79 Å². The fourth-order valence-corrected chi connectivity index (χ4v) is 4.17. The number of nitrogens with zero attached hydrogens (tertiary/aromatic N) is 4. The number of anilines is 2. The minimum absolute atomic E-state index is 0.0322. The van der Waals surface area contributed by atoms with Gasteiger partial charge in [-0.3, -0.25) is 19.7 Å². The third-order valence-electron chi connectivity index (χ3n) is 6.22. The first kappa shape index (κ1) is 33.7. The number of aromatic nitrogens is 1. The van der Waals surface area contributed by atoms with Crippen LogP contribution in [0.3, 0.4) is 0 Å². The first-order valence-corrected chi connectivity index (χ1v) is 13.9. The highest BCUT2D eigenvalue weighted by molar-refractivity contribution is 5.95. The van der Waals surface area contributed by atoms with Crippen molar-refractivity contribution >= 4 is 23.5 Å². The topological polar surface area (TPSA) is 117 Å². The molecule has 0 aliphatic carbocycles. The molecule has 0 saturated carbocycles. The van der Waals surface area contributed by atoms with Gasteiger partial charge < -0.3 is 30.7 Å². The Balaban J connectivity index is 0.00000352. The van der Waals surface area contributed by atoms with Crippen molar-refractivity contribution in [3.05, 3.63) is 30.1 Å². The van der Waals surface area contributed by atoms with Gasteiger partial charge in [-0.25, -0.2) is 0 Å². The summed E-state index contributed by atoms with van der Waals surface area (Å²) in [5.74, 6) is -0.190. The molecule has 1 saturated heterocycles. The number of hydrogen-bond acceptors (Lipinski definition) is 9. The molecular formula is C28H51N7O3. The summed E-state index contributed by atoms with van der Waals surface area (Å²) in [6.45, 7) is 14.2. The van der Waals surface area contributed by atoms with Crippen molar-refractivity contribution < 1.29 is 14.3 Å². The van der Waals surface area contributed by atoms with Crippen LogP contribution < -0.4 is 21.3 Å². The number of aliphatic imine (C=N–C) groups is 1. The molecule has 1 fully saturated rings. The highest BCUT2D eigenvalue weighted by atomic mass is 16.5. The largest absolute Gasteiger partial charge is 0.379 e. The molecular weight excluding hydrogens is 482 g/mol. The van der Waals surface area contributed by atoms with E-state index in [1.54, 1.807) is 12.4 Å². The summed E-state index contributed by atoms with van der Waals surface area (Å²) in [7, 11) is 3.43. The van der Waals surface area contributed by atoms with Crippen LogP contribution >= 0.6 is 0 Å². The molecule has 0 bridgehead atoms. The molecule has 2 heterocycles. The number of carbonyl (C=O) groups excluding carboxylic acids is 1. The van der Waals surface area contributed by atoms with Gasteiger partial charge in [-0.2, -0.15) is 0 Å². The highest BCUT2D eigenvalue weighted by Gasteiger charge is 2.19. The van der Waals surface area contributed by atoms with Gasteiger partial charge >= 0.3 is 0 Å². The fraction of sp³-hybridized carbons (Fsp3) is 0.679. The van der Waals surface area contributed by atoms with Crippen molar-refractivity contribution in [1.82, 2.24) is 15.2 Å². The van der Waals surface area contributed by atoms with E-state index in [0.717, 1.165) is 76.5 Å². The van der Waals surface area contributed by atoms with Crippen molar-refractivity contribution in [3.63, 3.8) is 0 Å². The van der Waals surface area contributed by atoms with Crippen molar-refractivity contribution in [1.29, 1.82) is 0 Å². The van der Waals surface area contributed by atoms with Crippen LogP contribution in [-0.2, 0) is 14.3 Å². The zero-order chi connectivity index (χ0) is 28.2. The van der Waals surface area contributed by atoms with Crippen LogP contribution in [-0.4, -0.2) is 101 Å². The van der Waals surface area contributed by atoms with E-state index in [2.05, 4.69) is 64.9 Å². The van der Waals surface area contributed by atoms with Gasteiger partial charge in [0.2, 0.25) is 5.91 Å². The molecule has 0 aromatic carbocycles. The molecule has 1 aliphatic heterocycles. The molecule has 2 unspecified atom stereocenters. The van der Waals surface area contributed by atoms with E-state index < -0.39 is 0 Å². The molecule has 0 radical (unpaired) electrons. The molecule has 38 heavy (non-hydrogen) atoms. The van der Waals surface area contributed by atoms with Crippen LogP contribution in [0, 0.1) is 0 Å². The van der Waals surface area contributed by atoms with Gasteiger partial charge in [0.25, 0.3) is 0 Å². The second kappa shape index (κ2) is 20.6. The first-order valence-electron chi connectivity index (χ1n) is 13.9. The average molecular weight is 534 g/mol. The minimum atomic E-state index is -0.190. The van der Waals surface area contributed by atoms with Gasteiger partial charge in [0.05, 0.1) is 43.1 Å². The lowest BCUT2D eigenvalue weighted by Crippen LogP contribution is -2.41. The minimum Gasteiger partial charge on any atom is -0.379 e. The van der Waals surface area contributed by atoms with Gasteiger partial charge in [-0.05, 0) is 52.4 Å². The number of pyridine rings is 1. The van der Waals surface area contributed by atoms with Crippen molar-refractivity contribution in [2.45, 2.75) is 59.2 Å². The molecule has 216 valence electrons. The Bertz CT molecular complexity index is 828. The normalized spacial score (nSPS) is 16.0. The second-order valence-electron chi connectivity index (χ2n) is 8.88. The maximum atomic E-state index is 12.9. The van der Waals surface area contributed by atoms with Gasteiger partial charge in [0, 0.05) is 45.1 Å². The Labute approximate surface area is 230 Å². The molecule has 1 aliphatic rings. The number of nitrogens with one attached hydrogen (secondary N) is 2. The van der Waals surface area contributed by atoms with Crippen LogP contribution in [0.2, 0.25) is 0 Å². The quantitative estimate of drug-likeness (QED) is 0.278. The maximum Gasteiger partial charge on any atom is 0.250 e. The molecule has 10 nitrogen and oxygen atoms in total. The Morgan fingerprint density at radius 1 is 1.32 bits per heavy atom. The number of nitrogens with two attached hydrogens (primary N) is 1. The summed E-state index contributed by atoms with van der Waals surface area (Å²) in [6, 6.07) is 1.93. The van der Waals surface area contributed by atoms with Gasteiger partial charge in [-0.1, -0.05) is 26.3 Å². The van der Waals surface area contributed by atoms with E-state index in [4.69, 9.17) is 14.5 Å². The number of ether oxygens (including phenoxy) is 2. The first-order chi connectivity index (χ1) is 18.5. The van der Waals surface area contributed by atoms with Crippen LogP contribution in [0.5, 0.6) is 0 Å². The van der Waals surface area contributed by atoms with Crippen molar-refractivity contribution in [2.24, 2.45) is 10.7 Å². The van der Waals surface area contributed by atoms with E-state index in [-0.39, 0.29) is 24.8 Å². The standard InChI is InChI=1S/C27H46N6O3.CH5N/c1-6-9-23(19-30-22(4)33-15-17-35-18-16-33)26(10-7-2)36-21-27(34)31-24-20-29-12-11-25(24)32(8-3)14-13-28-5;1-2/h9,11-12,19-20,22,26,28H,6-8,10,13-18,21H2,1-5H3,(H,31,34);2H2,1H3/b23-9+,30-19-;. The second-order valence-corrected chi connectivity index (χ2v) is 8.88. The number of hydrogen-bond donors (Lipinski definition) is 3. The van der Waals surface area contributed by atoms with Crippen molar-refractivity contribution in [3.8, 4) is 0 Å². The third kappa shape index (κ3) is 12.0. The predicted octanol–water partition coefficient (Wildman–Crippen LogP) is 2.91. The lowest BCUT2D eigenvalue weighted by molar-refractivity contribution is -0.121. The molecule has 2 atom stereocenters. The molecule has 1 aromatic heterocycles. The predicted molar refractivity (Wildman–Crippen MR) is 158 cm³/mol. The Hall–Kier alpha value is -2.37. The summed E-state index contributed by atoms with van der Waals surface area (Å²) in [6.07, 6.45) is 10.1. The van der Waals surface area contributed by atoms with Gasteiger partial charge in [0.15, 0.2) is 0 Å². The summed E-state index contributed by atoms with van der Waals surface area (Å²) in [5.41, 5.74) is 7.18. The van der Waals surface area contributed by atoms with E-state index in [0.29, 0.717) is 5.69 Å². The molecule has 2 rings (SSSR count). The SMILES string of the molecule is CC/C=C(\C=N/C(C)N1CCOCC1)C(CCC)OCC(=O)Nc1cnccc1N(CC)CCNC.CN. The van der Waals surface area contributed by atoms with Gasteiger partial charge in [-0.15, -0.1) is 0 Å². The fourth-order valence-electron chi connectivity index (χ4n) is 4.17. The Morgan fingerprint density at radius 2 is 2.05 bits per heavy atom. The summed E-state index contributed by atoms with van der Waals surface area (Å²) in [5, 5.41) is 6.18. The van der Waals surface area contributed by atoms with E-state index in [1.165, 1.54) is 7.05 Å². The molecule has 1 aromatic rings. The maximum absolute atomic E-state index is 12.9. The lowest BCUT2D eigenvalue weighted by atomic mass is 10.0. The number of allylic oxidation sites excluding steroid dienone is 1. The molecule has 0 spiro atoms. The number of morpholine rings is 1. The number of rotatable bonds is 16. The van der Waals surface area contributed by atoms with Crippen LogP contribution in [0.25, 0.3) is 0 Å². The summed E-state index contributed by atoms with van der Waals surface area (Å²) >= 11 is 0. The lowest BCUT2D eigenvalue weighted by Gasteiger charge is -2.30. The summed E-state index contributed by atoms with van der Waals surface area (Å²) < 4.78 is 11.6. The average Bonchev–Trinajstić information content (AvgIpc) is 2.96. The summed E-state index contributed by atoms with van der Waals surface area (Å²) in [4.78, 5) is 26.4. The van der Waals surface area contributed by atoms with Crippen LogP contribution in [0.4, 0.5) is 11.4 Å². The smallest absolute Gasteiger partial charge is 0.250 e. The van der Waals surface area contributed by atoms with E-state index in [1.807, 2.05) is 19.3 Å². The third-order valence-corrected chi connectivity index (χ3v) is 6.22. The Morgan fingerprint density at radius 3 is 2.68 bits per heavy atom. The van der Waals surface area contributed by atoms with Crippen molar-refractivity contribution in [2.75, 3.05) is 76.9 Å². The monoisotopic (exact) mass is 533 g/mol. The van der Waals surface area contributed by atoms with Gasteiger partial charge in [0.1, 0.15) is 6.61 Å². The number of likely N-dealkylation sites (N-methyl/N-ethyl adjacent to an activating group) is 2. The van der Waals surface area contributed by atoms with Crippen LogP contribution in [0.1, 0.15) is 47.0 Å². The van der Waals surface area contributed by atoms with Crippen LogP contribution in [0.15, 0.2) is 35.1 Å².